The van der Waals surface area contributed by atoms with Gasteiger partial charge in [0.05, 0.1) is 40.1 Å². The molecule has 1 heterocycles. The van der Waals surface area contributed by atoms with Crippen LogP contribution in [0.3, 0.4) is 0 Å². The van der Waals surface area contributed by atoms with E-state index in [1.165, 1.54) is 0 Å². The molecule has 3 aromatic carbocycles. The van der Waals surface area contributed by atoms with Gasteiger partial charge in [-0.25, -0.2) is 9.59 Å². The molecule has 4 rings (SSSR count). The van der Waals surface area contributed by atoms with Crippen molar-refractivity contribution in [1.29, 1.82) is 0 Å². The van der Waals surface area contributed by atoms with E-state index in [4.69, 9.17) is 28.4 Å². The van der Waals surface area contributed by atoms with Gasteiger partial charge in [0.15, 0.2) is 18.5 Å². The van der Waals surface area contributed by atoms with Crippen molar-refractivity contribution in [3.63, 3.8) is 0 Å². The molecule has 10 nitrogen and oxygen atoms in total. The van der Waals surface area contributed by atoms with E-state index in [1.807, 2.05) is 91.0 Å². The zero-order valence-electron chi connectivity index (χ0n) is 24.4. The standard InChI is InChI=1S/C33H38O10/c1-22-27(39-19-23-13-7-4-8-14-23)29(40-20-24-15-9-5-10-16-24)30(41-21-25-17-11-6-12-18-25)33(42-22)43-28(32(36)38-3)26(34)31(35)37-2/h4-18,22,26-30,33-34H,19-21H2,1-3H3/t22-,26+,27+,28+,29+,30-,33+/m0/s1. The maximum absolute atomic E-state index is 12.7. The molecule has 230 valence electrons. The second-order valence-electron chi connectivity index (χ2n) is 10.0. The maximum atomic E-state index is 12.7. The smallest absolute Gasteiger partial charge is 0.338 e. The Morgan fingerprint density at radius 3 is 1.53 bits per heavy atom. The fourth-order valence-corrected chi connectivity index (χ4v) is 4.74. The van der Waals surface area contributed by atoms with Crippen molar-refractivity contribution in [1.82, 2.24) is 0 Å². The molecule has 0 spiro atoms. The quantitative estimate of drug-likeness (QED) is 0.278. The number of methoxy groups -OCH3 is 2. The average molecular weight is 595 g/mol. The number of benzene rings is 3. The summed E-state index contributed by atoms with van der Waals surface area (Å²) < 4.78 is 40.9. The molecule has 0 amide bonds. The van der Waals surface area contributed by atoms with Gasteiger partial charge >= 0.3 is 11.9 Å². The van der Waals surface area contributed by atoms with Crippen LogP contribution >= 0.6 is 0 Å². The summed E-state index contributed by atoms with van der Waals surface area (Å²) in [5.41, 5.74) is 2.77. The summed E-state index contributed by atoms with van der Waals surface area (Å²) in [6.07, 6.45) is -7.94. The molecule has 0 aliphatic carbocycles. The molecule has 1 aliphatic rings. The zero-order valence-corrected chi connectivity index (χ0v) is 24.4. The highest BCUT2D eigenvalue weighted by Crippen LogP contribution is 2.32. The topological polar surface area (TPSA) is 119 Å². The first kappa shape index (κ1) is 32.3. The molecule has 0 bridgehead atoms. The number of rotatable bonds is 14. The molecule has 3 aromatic rings. The Kier molecular flexibility index (Phi) is 12.2. The summed E-state index contributed by atoms with van der Waals surface area (Å²) in [4.78, 5) is 24.9. The lowest BCUT2D eigenvalue weighted by Gasteiger charge is -2.45. The molecule has 0 unspecified atom stereocenters. The first-order valence-electron chi connectivity index (χ1n) is 14.0. The summed E-state index contributed by atoms with van der Waals surface area (Å²) >= 11 is 0. The van der Waals surface area contributed by atoms with Gasteiger partial charge in [-0.05, 0) is 23.6 Å². The SMILES string of the molecule is COC(=O)[C@H](O)[C@@H](O[C@H]1O[C@@H](C)[C@@H](OCc2ccccc2)[C@@H](OCc2ccccc2)[C@@H]1OCc1ccccc1)C(=O)OC. The van der Waals surface area contributed by atoms with E-state index in [-0.39, 0.29) is 19.8 Å². The maximum Gasteiger partial charge on any atom is 0.338 e. The van der Waals surface area contributed by atoms with Crippen LogP contribution in [0.25, 0.3) is 0 Å². The Bertz CT molecular complexity index is 1260. The lowest BCUT2D eigenvalue weighted by atomic mass is 9.98. The van der Waals surface area contributed by atoms with Crippen LogP contribution in [0.15, 0.2) is 91.0 Å². The van der Waals surface area contributed by atoms with E-state index < -0.39 is 54.9 Å². The zero-order chi connectivity index (χ0) is 30.6. The third-order valence-electron chi connectivity index (χ3n) is 7.03. The molecule has 1 N–H and O–H groups in total. The minimum Gasteiger partial charge on any atom is -0.467 e. The number of carbonyl (C=O) groups excluding carboxylic acids is 2. The third-order valence-corrected chi connectivity index (χ3v) is 7.03. The van der Waals surface area contributed by atoms with Crippen molar-refractivity contribution in [2.75, 3.05) is 14.2 Å². The van der Waals surface area contributed by atoms with Crippen molar-refractivity contribution < 1.29 is 47.9 Å². The van der Waals surface area contributed by atoms with E-state index in [0.29, 0.717) is 0 Å². The molecule has 1 saturated heterocycles. The Morgan fingerprint density at radius 1 is 0.674 bits per heavy atom. The highest BCUT2D eigenvalue weighted by Gasteiger charge is 2.50. The molecule has 43 heavy (non-hydrogen) atoms. The van der Waals surface area contributed by atoms with Crippen LogP contribution in [-0.2, 0) is 62.6 Å². The van der Waals surface area contributed by atoms with Crippen LogP contribution in [0.1, 0.15) is 23.6 Å². The lowest BCUT2D eigenvalue weighted by Crippen LogP contribution is -2.61. The second-order valence-corrected chi connectivity index (χ2v) is 10.0. The van der Waals surface area contributed by atoms with E-state index >= 15 is 0 Å². The van der Waals surface area contributed by atoms with Gasteiger partial charge in [-0.3, -0.25) is 0 Å². The van der Waals surface area contributed by atoms with Gasteiger partial charge in [-0.15, -0.1) is 0 Å². The van der Waals surface area contributed by atoms with Crippen LogP contribution in [-0.4, -0.2) is 74.2 Å². The average Bonchev–Trinajstić information content (AvgIpc) is 3.05. The highest BCUT2D eigenvalue weighted by atomic mass is 16.7. The highest BCUT2D eigenvalue weighted by molar-refractivity contribution is 5.85. The summed E-state index contributed by atoms with van der Waals surface area (Å²) in [5, 5.41) is 10.6. The molecule has 1 aliphatic heterocycles. The first-order chi connectivity index (χ1) is 20.9. The predicted molar refractivity (Wildman–Crippen MR) is 154 cm³/mol. The van der Waals surface area contributed by atoms with Crippen LogP contribution in [0.5, 0.6) is 0 Å². The Hall–Kier alpha value is -3.64. The summed E-state index contributed by atoms with van der Waals surface area (Å²) in [7, 11) is 2.21. The van der Waals surface area contributed by atoms with Gasteiger partial charge in [0.2, 0.25) is 0 Å². The number of hydrogen-bond acceptors (Lipinski definition) is 10. The van der Waals surface area contributed by atoms with E-state index in [0.717, 1.165) is 30.9 Å². The number of carbonyl (C=O) groups is 2. The van der Waals surface area contributed by atoms with Crippen molar-refractivity contribution in [2.24, 2.45) is 0 Å². The molecular formula is C33H38O10. The Balaban J connectivity index is 1.66. The van der Waals surface area contributed by atoms with Gasteiger partial charge in [-0.2, -0.15) is 0 Å². The van der Waals surface area contributed by atoms with Gasteiger partial charge < -0.3 is 38.3 Å². The van der Waals surface area contributed by atoms with Crippen LogP contribution in [0.4, 0.5) is 0 Å². The normalized spacial score (nSPS) is 23.2. The van der Waals surface area contributed by atoms with Crippen LogP contribution in [0, 0.1) is 0 Å². The molecular weight excluding hydrogens is 556 g/mol. The molecule has 0 radical (unpaired) electrons. The molecule has 10 heteroatoms. The van der Waals surface area contributed by atoms with Gasteiger partial charge in [-0.1, -0.05) is 91.0 Å². The summed E-state index contributed by atoms with van der Waals surface area (Å²) in [6, 6.07) is 28.8. The van der Waals surface area contributed by atoms with Crippen molar-refractivity contribution >= 4 is 11.9 Å². The van der Waals surface area contributed by atoms with E-state index in [9.17, 15) is 14.7 Å². The van der Waals surface area contributed by atoms with Crippen LogP contribution in [0.2, 0.25) is 0 Å². The van der Waals surface area contributed by atoms with Crippen molar-refractivity contribution in [2.45, 2.75) is 69.7 Å². The number of hydrogen-bond donors (Lipinski definition) is 1. The van der Waals surface area contributed by atoms with E-state index in [2.05, 4.69) is 4.74 Å². The lowest BCUT2D eigenvalue weighted by molar-refractivity contribution is -0.331. The fraction of sp³-hybridized carbons (Fsp3) is 0.394. The molecule has 7 atom stereocenters. The second kappa shape index (κ2) is 16.3. The number of ether oxygens (including phenoxy) is 7. The van der Waals surface area contributed by atoms with Gasteiger partial charge in [0, 0.05) is 0 Å². The predicted octanol–water partition coefficient (Wildman–Crippen LogP) is 3.58. The summed E-state index contributed by atoms with van der Waals surface area (Å²) in [6.45, 7) is 2.46. The van der Waals surface area contributed by atoms with Gasteiger partial charge in [0.1, 0.15) is 18.3 Å². The first-order valence-corrected chi connectivity index (χ1v) is 14.0. The van der Waals surface area contributed by atoms with Gasteiger partial charge in [0.25, 0.3) is 0 Å². The minimum absolute atomic E-state index is 0.155. The summed E-state index contributed by atoms with van der Waals surface area (Å²) in [5.74, 6) is -2.05. The number of esters is 2. The largest absolute Gasteiger partial charge is 0.467 e. The van der Waals surface area contributed by atoms with Crippen molar-refractivity contribution in [3.05, 3.63) is 108 Å². The van der Waals surface area contributed by atoms with Crippen LogP contribution < -0.4 is 0 Å². The third kappa shape index (κ3) is 8.93. The molecule has 1 fully saturated rings. The Labute approximate surface area is 251 Å². The van der Waals surface area contributed by atoms with Crippen molar-refractivity contribution in [3.8, 4) is 0 Å². The molecule has 0 saturated carbocycles. The number of aliphatic hydroxyl groups excluding tert-OH is 1. The Morgan fingerprint density at radius 2 is 1.09 bits per heavy atom. The number of aliphatic hydroxyl groups is 1. The molecule has 0 aromatic heterocycles. The minimum atomic E-state index is -1.97. The van der Waals surface area contributed by atoms with E-state index in [1.54, 1.807) is 6.92 Å². The monoisotopic (exact) mass is 594 g/mol. The fourth-order valence-electron chi connectivity index (χ4n) is 4.74.